The highest BCUT2D eigenvalue weighted by Crippen LogP contribution is 2.20. The first-order valence-corrected chi connectivity index (χ1v) is 10.5. The van der Waals surface area contributed by atoms with Crippen LogP contribution in [-0.2, 0) is 11.3 Å². The fourth-order valence-corrected chi connectivity index (χ4v) is 3.92. The number of carbonyl (C=O) groups is 1. The molecule has 0 unspecified atom stereocenters. The Labute approximate surface area is 185 Å². The summed E-state index contributed by atoms with van der Waals surface area (Å²) in [6.45, 7) is 7.91. The molecule has 0 N–H and O–H groups in total. The summed E-state index contributed by atoms with van der Waals surface area (Å²) in [5.41, 5.74) is 1.37. The zero-order valence-corrected chi connectivity index (χ0v) is 18.0. The standard InChI is InChI=1S/C24H25FN4O3/c1-3-10-27-11-13-28(14-12-27)24-26-21-15-18(23(31)32-2)6-9-20(21)22(30)29(24)16-17-4-7-19(25)8-5-17/h3-9,15H,1,10-14,16H2,2H3. The molecule has 0 radical (unpaired) electrons. The lowest BCUT2D eigenvalue weighted by atomic mass is 10.1. The van der Waals surface area contributed by atoms with E-state index in [0.29, 0.717) is 35.5 Å². The molecule has 1 saturated heterocycles. The summed E-state index contributed by atoms with van der Waals surface area (Å²) < 4.78 is 19.8. The van der Waals surface area contributed by atoms with Gasteiger partial charge in [-0.05, 0) is 35.9 Å². The van der Waals surface area contributed by atoms with Crippen LogP contribution in [0.2, 0.25) is 0 Å². The monoisotopic (exact) mass is 436 g/mol. The zero-order chi connectivity index (χ0) is 22.7. The fourth-order valence-electron chi connectivity index (χ4n) is 3.92. The summed E-state index contributed by atoms with van der Waals surface area (Å²) in [6, 6.07) is 10.8. The van der Waals surface area contributed by atoms with Gasteiger partial charge in [0.15, 0.2) is 0 Å². The number of benzene rings is 2. The third kappa shape index (κ3) is 4.40. The third-order valence-corrected chi connectivity index (χ3v) is 5.65. The molecular formula is C24H25FN4O3. The summed E-state index contributed by atoms with van der Waals surface area (Å²) in [5.74, 6) is -0.275. The van der Waals surface area contributed by atoms with E-state index in [1.54, 1.807) is 34.9 Å². The predicted octanol–water partition coefficient (Wildman–Crippen LogP) is 2.68. The van der Waals surface area contributed by atoms with Crippen molar-refractivity contribution < 1.29 is 13.9 Å². The van der Waals surface area contributed by atoms with E-state index in [1.807, 2.05) is 6.08 Å². The lowest BCUT2D eigenvalue weighted by molar-refractivity contribution is 0.0601. The Hall–Kier alpha value is -3.52. The number of fused-ring (bicyclic) bond motifs is 1. The van der Waals surface area contributed by atoms with Crippen molar-refractivity contribution in [1.82, 2.24) is 14.5 Å². The number of esters is 1. The average molecular weight is 436 g/mol. The van der Waals surface area contributed by atoms with Crippen molar-refractivity contribution in [2.75, 3.05) is 44.7 Å². The van der Waals surface area contributed by atoms with Crippen LogP contribution < -0.4 is 10.5 Å². The molecule has 0 aliphatic carbocycles. The number of rotatable bonds is 6. The summed E-state index contributed by atoms with van der Waals surface area (Å²) in [5, 5.41) is 0.411. The average Bonchev–Trinajstić information content (AvgIpc) is 2.82. The van der Waals surface area contributed by atoms with Gasteiger partial charge in [0.1, 0.15) is 5.82 Å². The molecule has 32 heavy (non-hydrogen) atoms. The minimum Gasteiger partial charge on any atom is -0.465 e. The molecule has 0 bridgehead atoms. The zero-order valence-electron chi connectivity index (χ0n) is 18.0. The molecule has 0 saturated carbocycles. The molecule has 2 heterocycles. The number of nitrogens with zero attached hydrogens (tertiary/aromatic N) is 4. The molecule has 4 rings (SSSR count). The molecule has 8 heteroatoms. The van der Waals surface area contributed by atoms with E-state index >= 15 is 0 Å². The molecule has 166 valence electrons. The Bertz CT molecular complexity index is 1200. The van der Waals surface area contributed by atoms with E-state index < -0.39 is 5.97 Å². The van der Waals surface area contributed by atoms with E-state index in [2.05, 4.69) is 16.4 Å². The quantitative estimate of drug-likeness (QED) is 0.437. The van der Waals surface area contributed by atoms with E-state index in [9.17, 15) is 14.0 Å². The van der Waals surface area contributed by atoms with Crippen LogP contribution in [0.25, 0.3) is 10.9 Å². The first kappa shape index (κ1) is 21.7. The van der Waals surface area contributed by atoms with Crippen molar-refractivity contribution in [2.45, 2.75) is 6.54 Å². The summed E-state index contributed by atoms with van der Waals surface area (Å²) >= 11 is 0. The van der Waals surface area contributed by atoms with E-state index in [0.717, 1.165) is 25.2 Å². The summed E-state index contributed by atoms with van der Waals surface area (Å²) in [4.78, 5) is 34.6. The maximum absolute atomic E-state index is 13.5. The maximum atomic E-state index is 13.5. The van der Waals surface area contributed by atoms with Gasteiger partial charge in [-0.2, -0.15) is 0 Å². The number of aromatic nitrogens is 2. The number of hydrogen-bond donors (Lipinski definition) is 0. The smallest absolute Gasteiger partial charge is 0.337 e. The van der Waals surface area contributed by atoms with Crippen LogP contribution in [0.4, 0.5) is 10.3 Å². The van der Waals surface area contributed by atoms with Crippen LogP contribution in [0.5, 0.6) is 0 Å². The van der Waals surface area contributed by atoms with Gasteiger partial charge in [0.25, 0.3) is 5.56 Å². The largest absolute Gasteiger partial charge is 0.465 e. The minimum absolute atomic E-state index is 0.209. The van der Waals surface area contributed by atoms with E-state index in [4.69, 9.17) is 9.72 Å². The van der Waals surface area contributed by atoms with Crippen LogP contribution in [0.15, 0.2) is 59.9 Å². The lowest BCUT2D eigenvalue weighted by Crippen LogP contribution is -2.48. The maximum Gasteiger partial charge on any atom is 0.337 e. The SMILES string of the molecule is C=CCN1CCN(c2nc3cc(C(=O)OC)ccc3c(=O)n2Cc2ccc(F)cc2)CC1. The van der Waals surface area contributed by atoms with Gasteiger partial charge in [-0.1, -0.05) is 18.2 Å². The van der Waals surface area contributed by atoms with Crippen molar-refractivity contribution in [1.29, 1.82) is 0 Å². The highest BCUT2D eigenvalue weighted by atomic mass is 19.1. The van der Waals surface area contributed by atoms with Gasteiger partial charge in [0.2, 0.25) is 5.95 Å². The third-order valence-electron chi connectivity index (χ3n) is 5.65. The topological polar surface area (TPSA) is 67.7 Å². The van der Waals surface area contributed by atoms with Crippen LogP contribution in [0.1, 0.15) is 15.9 Å². The van der Waals surface area contributed by atoms with Crippen molar-refractivity contribution >= 4 is 22.8 Å². The lowest BCUT2D eigenvalue weighted by Gasteiger charge is -2.35. The Morgan fingerprint density at radius 1 is 1.16 bits per heavy atom. The highest BCUT2D eigenvalue weighted by Gasteiger charge is 2.22. The van der Waals surface area contributed by atoms with Gasteiger partial charge in [-0.3, -0.25) is 14.3 Å². The van der Waals surface area contributed by atoms with Crippen LogP contribution in [0.3, 0.4) is 0 Å². The van der Waals surface area contributed by atoms with Crippen molar-refractivity contribution in [3.05, 3.63) is 82.4 Å². The number of piperazine rings is 1. The fraction of sp³-hybridized carbons (Fsp3) is 0.292. The molecule has 3 aromatic rings. The second kappa shape index (κ2) is 9.32. The molecule has 1 fully saturated rings. The molecule has 1 aromatic heterocycles. The number of halogens is 1. The molecule has 7 nitrogen and oxygen atoms in total. The number of anilines is 1. The highest BCUT2D eigenvalue weighted by molar-refractivity contribution is 5.94. The molecule has 0 spiro atoms. The molecule has 1 aliphatic heterocycles. The number of ether oxygens (including phenoxy) is 1. The first-order valence-electron chi connectivity index (χ1n) is 10.5. The van der Waals surface area contributed by atoms with Gasteiger partial charge in [-0.25, -0.2) is 14.2 Å². The Morgan fingerprint density at radius 2 is 1.88 bits per heavy atom. The van der Waals surface area contributed by atoms with Crippen molar-refractivity contribution in [3.8, 4) is 0 Å². The van der Waals surface area contributed by atoms with Crippen LogP contribution >= 0.6 is 0 Å². The predicted molar refractivity (Wildman–Crippen MR) is 122 cm³/mol. The summed E-state index contributed by atoms with van der Waals surface area (Å²) in [7, 11) is 1.31. The molecule has 0 amide bonds. The Morgan fingerprint density at radius 3 is 2.53 bits per heavy atom. The Kier molecular flexibility index (Phi) is 6.32. The first-order chi connectivity index (χ1) is 15.5. The number of carbonyl (C=O) groups excluding carboxylic acids is 1. The number of hydrogen-bond acceptors (Lipinski definition) is 6. The normalized spacial score (nSPS) is 14.5. The van der Waals surface area contributed by atoms with Gasteiger partial charge in [0, 0.05) is 32.7 Å². The van der Waals surface area contributed by atoms with E-state index in [1.165, 1.54) is 19.2 Å². The van der Waals surface area contributed by atoms with Crippen LogP contribution in [-0.4, -0.2) is 60.3 Å². The van der Waals surface area contributed by atoms with Gasteiger partial charge in [0.05, 0.1) is 30.1 Å². The number of methoxy groups -OCH3 is 1. The van der Waals surface area contributed by atoms with Gasteiger partial charge >= 0.3 is 5.97 Å². The Balaban J connectivity index is 1.79. The van der Waals surface area contributed by atoms with Crippen LogP contribution in [0, 0.1) is 5.82 Å². The molecule has 0 atom stereocenters. The second-order valence-corrected chi connectivity index (χ2v) is 7.73. The van der Waals surface area contributed by atoms with E-state index in [-0.39, 0.29) is 17.9 Å². The minimum atomic E-state index is -0.483. The van der Waals surface area contributed by atoms with Gasteiger partial charge < -0.3 is 9.64 Å². The van der Waals surface area contributed by atoms with Gasteiger partial charge in [-0.15, -0.1) is 6.58 Å². The molecule has 2 aromatic carbocycles. The molecule has 1 aliphatic rings. The van der Waals surface area contributed by atoms with Crippen molar-refractivity contribution in [2.24, 2.45) is 0 Å². The molecular weight excluding hydrogens is 411 g/mol. The second-order valence-electron chi connectivity index (χ2n) is 7.73. The van der Waals surface area contributed by atoms with Crippen molar-refractivity contribution in [3.63, 3.8) is 0 Å². The summed E-state index contributed by atoms with van der Waals surface area (Å²) in [6.07, 6.45) is 1.88.